The van der Waals surface area contributed by atoms with Crippen LogP contribution in [0.3, 0.4) is 0 Å². The number of rotatable bonds is 9. The molecule has 1 aromatic carbocycles. The summed E-state index contributed by atoms with van der Waals surface area (Å²) in [7, 11) is 1.50. The lowest BCUT2D eigenvalue weighted by molar-refractivity contribution is -0.160. The van der Waals surface area contributed by atoms with Crippen molar-refractivity contribution in [2.24, 2.45) is 17.3 Å². The molecule has 0 bridgehead atoms. The van der Waals surface area contributed by atoms with Gasteiger partial charge < -0.3 is 20.7 Å². The number of likely N-dealkylation sites (N-methyl/N-ethyl adjacent to an activating group) is 1. The maximum absolute atomic E-state index is 13.7. The van der Waals surface area contributed by atoms with Gasteiger partial charge in [-0.25, -0.2) is 4.79 Å². The molecule has 9 heteroatoms. The summed E-state index contributed by atoms with van der Waals surface area (Å²) in [5.41, 5.74) is -0.390. The minimum Gasteiger partial charge on any atom is -0.458 e. The summed E-state index contributed by atoms with van der Waals surface area (Å²) in [6.45, 7) is 14.5. The maximum atomic E-state index is 13.7. The van der Waals surface area contributed by atoms with Crippen molar-refractivity contribution in [3.63, 3.8) is 0 Å². The Labute approximate surface area is 225 Å². The van der Waals surface area contributed by atoms with E-state index in [9.17, 15) is 19.2 Å². The Bertz CT molecular complexity index is 1160. The van der Waals surface area contributed by atoms with Gasteiger partial charge in [-0.1, -0.05) is 40.7 Å². The number of nitrogens with one attached hydrogen (secondary N) is 3. The number of hydrogen-bond donors (Lipinski definition) is 3. The smallest absolute Gasteiger partial charge is 0.330 e. The molecule has 0 unspecified atom stereocenters. The molecule has 1 heterocycles. The van der Waals surface area contributed by atoms with Crippen LogP contribution in [0.4, 0.5) is 0 Å². The molecule has 3 atom stereocenters. The van der Waals surface area contributed by atoms with Crippen LogP contribution in [-0.4, -0.2) is 53.4 Å². The number of carbonyl (C=O) groups is 4. The minimum atomic E-state index is -1.28. The molecule has 0 spiro atoms. The predicted octanol–water partition coefficient (Wildman–Crippen LogP) is 3.61. The Hall–Kier alpha value is -3.49. The molecule has 38 heavy (non-hydrogen) atoms. The van der Waals surface area contributed by atoms with Crippen LogP contribution in [0, 0.1) is 17.3 Å². The van der Waals surface area contributed by atoms with Crippen LogP contribution < -0.4 is 16.0 Å². The minimum absolute atomic E-state index is 0.00687. The molecule has 0 saturated carbocycles. The quantitative estimate of drug-likeness (QED) is 0.429. The number of amides is 3. The van der Waals surface area contributed by atoms with E-state index in [1.165, 1.54) is 7.05 Å². The van der Waals surface area contributed by atoms with Crippen molar-refractivity contribution in [2.75, 3.05) is 7.05 Å². The van der Waals surface area contributed by atoms with Gasteiger partial charge in [0, 0.05) is 24.2 Å². The molecule has 0 aliphatic heterocycles. The lowest BCUT2D eigenvalue weighted by Gasteiger charge is -2.34. The van der Waals surface area contributed by atoms with Gasteiger partial charge in [0.15, 0.2) is 0 Å². The van der Waals surface area contributed by atoms with E-state index in [1.54, 1.807) is 51.2 Å². The third kappa shape index (κ3) is 8.53. The molecule has 0 radical (unpaired) electrons. The van der Waals surface area contributed by atoms with Crippen molar-refractivity contribution in [3.8, 4) is 0 Å². The van der Waals surface area contributed by atoms with E-state index in [1.807, 2.05) is 40.7 Å². The van der Waals surface area contributed by atoms with Crippen LogP contribution in [-0.2, 0) is 19.1 Å². The summed E-state index contributed by atoms with van der Waals surface area (Å²) in [5, 5.41) is 8.95. The summed E-state index contributed by atoms with van der Waals surface area (Å²) in [4.78, 5) is 57.4. The van der Waals surface area contributed by atoms with Crippen molar-refractivity contribution in [3.05, 3.63) is 42.1 Å². The molecule has 1 aromatic heterocycles. The van der Waals surface area contributed by atoms with Gasteiger partial charge in [0.25, 0.3) is 5.91 Å². The predicted molar refractivity (Wildman–Crippen MR) is 147 cm³/mol. The average Bonchev–Trinajstić information content (AvgIpc) is 2.81. The fourth-order valence-corrected chi connectivity index (χ4v) is 4.10. The highest BCUT2D eigenvalue weighted by Crippen LogP contribution is 2.24. The number of ether oxygens (including phenoxy) is 1. The van der Waals surface area contributed by atoms with E-state index in [-0.39, 0.29) is 18.2 Å². The van der Waals surface area contributed by atoms with Crippen LogP contribution >= 0.6 is 0 Å². The second-order valence-corrected chi connectivity index (χ2v) is 12.1. The molecule has 0 aliphatic carbocycles. The van der Waals surface area contributed by atoms with E-state index in [0.717, 1.165) is 10.9 Å². The van der Waals surface area contributed by atoms with E-state index in [2.05, 4.69) is 20.9 Å². The van der Waals surface area contributed by atoms with Crippen LogP contribution in [0.25, 0.3) is 10.9 Å². The molecule has 208 valence electrons. The highest BCUT2D eigenvalue weighted by atomic mass is 16.6. The van der Waals surface area contributed by atoms with Crippen LogP contribution in [0.15, 0.2) is 36.5 Å². The molecule has 2 rings (SSSR count). The Morgan fingerprint density at radius 1 is 0.947 bits per heavy atom. The molecule has 3 N–H and O–H groups in total. The first-order valence-corrected chi connectivity index (χ1v) is 12.9. The zero-order valence-corrected chi connectivity index (χ0v) is 24.0. The van der Waals surface area contributed by atoms with E-state index in [0.29, 0.717) is 5.56 Å². The monoisotopic (exact) mass is 526 g/mol. The van der Waals surface area contributed by atoms with Gasteiger partial charge in [0.1, 0.15) is 17.7 Å². The van der Waals surface area contributed by atoms with Crippen LogP contribution in [0.1, 0.15) is 72.2 Å². The first kappa shape index (κ1) is 30.7. The third-order valence-electron chi connectivity index (χ3n) is 5.94. The largest absolute Gasteiger partial charge is 0.458 e. The molecular formula is C29H42N4O5. The van der Waals surface area contributed by atoms with Crippen molar-refractivity contribution < 1.29 is 23.9 Å². The first-order valence-electron chi connectivity index (χ1n) is 12.9. The van der Waals surface area contributed by atoms with Crippen molar-refractivity contribution in [1.82, 2.24) is 20.9 Å². The fourth-order valence-electron chi connectivity index (χ4n) is 4.10. The average molecular weight is 527 g/mol. The fraction of sp³-hybridized carbons (Fsp3) is 0.552. The lowest BCUT2D eigenvalue weighted by atomic mass is 9.84. The normalized spacial score (nSPS) is 14.4. The van der Waals surface area contributed by atoms with E-state index < -0.39 is 46.8 Å². The standard InChI is InChI=1S/C29H42N4O5/c1-17(2)15-20(25(35)33-23(26(36)30-9)28(3,4)5)22(27(37)38-29(6,7)8)32-24(34)19-12-13-21-18(16-19)11-10-14-31-21/h10-14,16-17,20,22-23H,15H2,1-9H3,(H,30,36)(H,32,34)(H,33,35)/t20-,22+,23-/m1/s1. The van der Waals surface area contributed by atoms with Gasteiger partial charge in [-0.05, 0) is 62.8 Å². The second kappa shape index (κ2) is 12.4. The van der Waals surface area contributed by atoms with Gasteiger partial charge in [0.05, 0.1) is 11.4 Å². The molecule has 0 aliphatic rings. The lowest BCUT2D eigenvalue weighted by Crippen LogP contribution is -2.58. The van der Waals surface area contributed by atoms with Crippen molar-refractivity contribution >= 4 is 34.6 Å². The number of nitrogens with zero attached hydrogens (tertiary/aromatic N) is 1. The van der Waals surface area contributed by atoms with Gasteiger partial charge in [-0.2, -0.15) is 0 Å². The SMILES string of the molecule is CNC(=O)[C@@H](NC(=O)[C@H](CC(C)C)[C@H](NC(=O)c1ccc2ncccc2c1)C(=O)OC(C)(C)C)C(C)(C)C. The summed E-state index contributed by atoms with van der Waals surface area (Å²) in [6, 6.07) is 6.51. The van der Waals surface area contributed by atoms with E-state index in [4.69, 9.17) is 4.74 Å². The molecule has 3 amide bonds. The Morgan fingerprint density at radius 3 is 2.16 bits per heavy atom. The first-order chi connectivity index (χ1) is 17.5. The number of carbonyl (C=O) groups excluding carboxylic acids is 4. The summed E-state index contributed by atoms with van der Waals surface area (Å²) >= 11 is 0. The Morgan fingerprint density at radius 2 is 1.61 bits per heavy atom. The number of esters is 1. The highest BCUT2D eigenvalue weighted by molar-refractivity contribution is 6.01. The maximum Gasteiger partial charge on any atom is 0.330 e. The van der Waals surface area contributed by atoms with Crippen LogP contribution in [0.2, 0.25) is 0 Å². The Balaban J connectivity index is 2.48. The number of aromatic nitrogens is 1. The molecule has 9 nitrogen and oxygen atoms in total. The number of pyridine rings is 1. The zero-order chi connectivity index (χ0) is 28.8. The van der Waals surface area contributed by atoms with Gasteiger partial charge in [-0.15, -0.1) is 0 Å². The molecule has 2 aromatic rings. The third-order valence-corrected chi connectivity index (χ3v) is 5.94. The van der Waals surface area contributed by atoms with Gasteiger partial charge in [-0.3, -0.25) is 19.4 Å². The van der Waals surface area contributed by atoms with Crippen molar-refractivity contribution in [2.45, 2.75) is 79.5 Å². The number of benzene rings is 1. The summed E-state index contributed by atoms with van der Waals surface area (Å²) in [5.74, 6) is -3.08. The molecule has 0 fully saturated rings. The second-order valence-electron chi connectivity index (χ2n) is 12.1. The number of hydrogen-bond acceptors (Lipinski definition) is 6. The van der Waals surface area contributed by atoms with E-state index >= 15 is 0 Å². The topological polar surface area (TPSA) is 126 Å². The number of fused-ring (bicyclic) bond motifs is 1. The summed E-state index contributed by atoms with van der Waals surface area (Å²) in [6.07, 6.45) is 1.95. The molecular weight excluding hydrogens is 484 g/mol. The van der Waals surface area contributed by atoms with Gasteiger partial charge in [0.2, 0.25) is 11.8 Å². The zero-order valence-electron chi connectivity index (χ0n) is 24.0. The highest BCUT2D eigenvalue weighted by Gasteiger charge is 2.41. The van der Waals surface area contributed by atoms with Crippen molar-refractivity contribution in [1.29, 1.82) is 0 Å². The summed E-state index contributed by atoms with van der Waals surface area (Å²) < 4.78 is 5.64. The molecule has 0 saturated heterocycles. The van der Waals surface area contributed by atoms with Crippen LogP contribution in [0.5, 0.6) is 0 Å². The van der Waals surface area contributed by atoms with Gasteiger partial charge >= 0.3 is 5.97 Å². The Kier molecular flexibility index (Phi) is 10.0.